The number of carboxylic acid groups (broad SMARTS) is 2. The normalized spacial score (nSPS) is 7.00. The maximum absolute atomic E-state index is 9.52. The molecule has 0 heterocycles. The number of rotatable bonds is 2. The van der Waals surface area contributed by atoms with Gasteiger partial charge in [0.1, 0.15) is 0 Å². The Balaban J connectivity index is 0. The van der Waals surface area contributed by atoms with Crippen LogP contribution in [0.4, 0.5) is 9.59 Å². The second kappa shape index (κ2) is 5.84. The van der Waals surface area contributed by atoms with Crippen LogP contribution in [0, 0.1) is 0 Å². The van der Waals surface area contributed by atoms with Gasteiger partial charge < -0.3 is 0 Å². The van der Waals surface area contributed by atoms with Crippen LogP contribution in [0.1, 0.15) is 0 Å². The van der Waals surface area contributed by atoms with E-state index in [0.29, 0.717) is 0 Å². The van der Waals surface area contributed by atoms with Gasteiger partial charge in [0.05, 0.1) is 0 Å². The molecule has 8 heavy (non-hydrogen) atoms. The van der Waals surface area contributed by atoms with E-state index < -0.39 is 30.6 Å². The van der Waals surface area contributed by atoms with Gasteiger partial charge in [-0.3, -0.25) is 0 Å². The fourth-order valence-corrected chi connectivity index (χ4v) is 0.803. The molecule has 0 aromatic rings. The predicted octanol–water partition coefficient (Wildman–Crippen LogP) is -1.41. The zero-order chi connectivity index (χ0) is 5.86. The third-order valence-electron chi connectivity index (χ3n) is 0.214. The van der Waals surface area contributed by atoms with E-state index in [0.717, 1.165) is 0 Å². The van der Waals surface area contributed by atoms with Crippen molar-refractivity contribution in [2.75, 3.05) is 0 Å². The van der Waals surface area contributed by atoms with Gasteiger partial charge >= 0.3 is 76.6 Å². The molecule has 0 atom stereocenters. The Morgan fingerprint density at radius 2 is 1.38 bits per heavy atom. The summed E-state index contributed by atoms with van der Waals surface area (Å²) in [5.41, 5.74) is 0. The van der Waals surface area contributed by atoms with Crippen LogP contribution in [0.5, 0.6) is 0 Å². The third-order valence-corrected chi connectivity index (χ3v) is 1.88. The second-order valence-electron chi connectivity index (χ2n) is 0.735. The molecule has 0 amide bonds. The summed E-state index contributed by atoms with van der Waals surface area (Å²) in [6, 6.07) is 0. The molecule has 4 nitrogen and oxygen atoms in total. The fraction of sp³-hybridized carbons (Fsp3) is 0. The van der Waals surface area contributed by atoms with Gasteiger partial charge in [-0.05, 0) is 0 Å². The van der Waals surface area contributed by atoms with Gasteiger partial charge in [-0.25, -0.2) is 0 Å². The molecule has 0 bridgehead atoms. The van der Waals surface area contributed by atoms with Crippen molar-refractivity contribution in [2.45, 2.75) is 0 Å². The van der Waals surface area contributed by atoms with Crippen LogP contribution in [-0.4, -0.2) is 67.0 Å². The van der Waals surface area contributed by atoms with Crippen molar-refractivity contribution < 1.29 is 19.8 Å². The Morgan fingerprint density at radius 1 is 1.12 bits per heavy atom. The van der Waals surface area contributed by atoms with Crippen LogP contribution in [0.25, 0.3) is 0 Å². The van der Waals surface area contributed by atoms with Crippen molar-refractivity contribution in [2.24, 2.45) is 0 Å². The zero-order valence-corrected chi connectivity index (χ0v) is 13.3. The average molecular weight is 512 g/mol. The molecule has 0 aliphatic carbocycles. The summed E-state index contributed by atoms with van der Waals surface area (Å²) in [5, 5.41) is 15.6. The predicted molar refractivity (Wildman–Crippen MR) is 33.1 cm³/mol. The standard InChI is InChI=1S/2CHO2.2Bi.4H/c2*2-1-3;;;;;;/h2*(H,2,3);;;;;;. The third kappa shape index (κ3) is 9.86. The number of hydrogen-bond donors (Lipinski definition) is 2. The average Bonchev–Trinajstić information content (AvgIpc) is 1.27. The molecule has 0 saturated heterocycles. The summed E-state index contributed by atoms with van der Waals surface area (Å²) in [5.74, 6) is 0. The van der Waals surface area contributed by atoms with Gasteiger partial charge in [-0.2, -0.15) is 0 Å². The minimum absolute atomic E-state index is 0. The van der Waals surface area contributed by atoms with Gasteiger partial charge in [-0.15, -0.1) is 0 Å². The molecular weight excluding hydrogens is 506 g/mol. The van der Waals surface area contributed by atoms with Crippen molar-refractivity contribution in [1.82, 2.24) is 0 Å². The Kier molecular flexibility index (Phi) is 8.39. The van der Waals surface area contributed by atoms with Gasteiger partial charge in [-0.1, -0.05) is 0 Å². The quantitative estimate of drug-likeness (QED) is 0.447. The maximum atomic E-state index is 9.52. The van der Waals surface area contributed by atoms with E-state index >= 15 is 0 Å². The molecule has 0 aliphatic rings. The summed E-state index contributed by atoms with van der Waals surface area (Å²) >= 11 is -2.32. The van der Waals surface area contributed by atoms with Crippen molar-refractivity contribution in [3.05, 3.63) is 0 Å². The molecule has 0 aromatic carbocycles. The Hall–Kier alpha value is 0.706. The Labute approximate surface area is 76.0 Å². The van der Waals surface area contributed by atoms with Crippen LogP contribution in [0.2, 0.25) is 0 Å². The summed E-state index contributed by atoms with van der Waals surface area (Å²) in [7, 11) is 0. The van der Waals surface area contributed by atoms with E-state index in [1.165, 1.54) is 0 Å². The van der Waals surface area contributed by atoms with Crippen molar-refractivity contribution >= 4 is 56.8 Å². The van der Waals surface area contributed by atoms with Gasteiger partial charge in [0.2, 0.25) is 0 Å². The molecule has 0 spiro atoms. The van der Waals surface area contributed by atoms with E-state index in [2.05, 4.69) is 0 Å². The summed E-state index contributed by atoms with van der Waals surface area (Å²) in [4.78, 5) is 19.0. The van der Waals surface area contributed by atoms with Crippen molar-refractivity contribution in [3.63, 3.8) is 0 Å². The Bertz CT molecular complexity index is 88.2. The first-order valence-electron chi connectivity index (χ1n) is 1.36. The van der Waals surface area contributed by atoms with E-state index in [1.54, 1.807) is 0 Å². The zero-order valence-electron chi connectivity index (χ0n) is 3.92. The first-order chi connectivity index (χ1) is 3.13. The fourth-order valence-electron chi connectivity index (χ4n) is 0.0915. The molecule has 2 N–H and O–H groups in total. The molecule has 0 radical (unpaired) electrons. The topological polar surface area (TPSA) is 74.6 Å². The first kappa shape index (κ1) is 11.5. The minimum atomic E-state index is -2.32. The molecule has 0 unspecified atom stereocenters. The molecule has 48 valence electrons. The van der Waals surface area contributed by atoms with E-state index in [4.69, 9.17) is 10.2 Å². The molecule has 6 heteroatoms. The summed E-state index contributed by atoms with van der Waals surface area (Å²) in [6.45, 7) is 0. The first-order valence-corrected chi connectivity index (χ1v) is 5.24. The number of carbonyl (C=O) groups is 2. The van der Waals surface area contributed by atoms with Crippen LogP contribution in [0.3, 0.4) is 0 Å². The van der Waals surface area contributed by atoms with Crippen molar-refractivity contribution in [1.29, 1.82) is 0 Å². The monoisotopic (exact) mass is 512 g/mol. The van der Waals surface area contributed by atoms with E-state index in [9.17, 15) is 9.59 Å². The SMILES string of the molecule is O=[C](O)[BiH][C](=O)O.[BiH3]. The molecule has 0 aromatic heterocycles. The summed E-state index contributed by atoms with van der Waals surface area (Å²) in [6.07, 6.45) is 0. The Morgan fingerprint density at radius 3 is 1.38 bits per heavy atom. The van der Waals surface area contributed by atoms with Gasteiger partial charge in [0.25, 0.3) is 0 Å². The van der Waals surface area contributed by atoms with E-state index in [-0.39, 0.29) is 26.2 Å². The summed E-state index contributed by atoms with van der Waals surface area (Å²) < 4.78 is -2.24. The molecule has 0 saturated carbocycles. The number of hydrogen-bond acceptors (Lipinski definition) is 2. The van der Waals surface area contributed by atoms with E-state index in [1.807, 2.05) is 0 Å². The molecular formula is C2H6Bi2O4. The molecule has 0 rings (SSSR count). The molecule has 0 fully saturated rings. The van der Waals surface area contributed by atoms with Crippen LogP contribution in [0.15, 0.2) is 0 Å². The van der Waals surface area contributed by atoms with Crippen LogP contribution in [-0.2, 0) is 0 Å². The molecule has 0 aliphatic heterocycles. The van der Waals surface area contributed by atoms with Crippen molar-refractivity contribution in [3.8, 4) is 0 Å². The van der Waals surface area contributed by atoms with Gasteiger partial charge in [0, 0.05) is 0 Å². The van der Waals surface area contributed by atoms with Gasteiger partial charge in [0.15, 0.2) is 0 Å². The van der Waals surface area contributed by atoms with Crippen LogP contribution >= 0.6 is 0 Å². The van der Waals surface area contributed by atoms with Crippen LogP contribution < -0.4 is 0 Å². The second-order valence-corrected chi connectivity index (χ2v) is 5.03.